The molecule has 3 nitrogen and oxygen atoms in total. The van der Waals surface area contributed by atoms with E-state index in [1.165, 1.54) is 0 Å². The van der Waals surface area contributed by atoms with Crippen LogP contribution in [0.3, 0.4) is 0 Å². The zero-order chi connectivity index (χ0) is 9.90. The van der Waals surface area contributed by atoms with Gasteiger partial charge in [-0.3, -0.25) is 4.79 Å². The van der Waals surface area contributed by atoms with E-state index in [1.54, 1.807) is 0 Å². The van der Waals surface area contributed by atoms with Crippen molar-refractivity contribution in [2.75, 3.05) is 13.2 Å². The van der Waals surface area contributed by atoms with E-state index in [-0.39, 0.29) is 17.5 Å². The zero-order valence-corrected chi connectivity index (χ0v) is 8.63. The van der Waals surface area contributed by atoms with Gasteiger partial charge in [0.15, 0.2) is 0 Å². The van der Waals surface area contributed by atoms with Crippen LogP contribution in [0.25, 0.3) is 0 Å². The molecule has 0 N–H and O–H groups in total. The van der Waals surface area contributed by atoms with Crippen molar-refractivity contribution in [1.29, 1.82) is 0 Å². The SMILES string of the molecule is CCC(C)C(=O)OC1(C)CCOC1. The third kappa shape index (κ3) is 2.69. The molecule has 3 heteroatoms. The molecule has 76 valence electrons. The minimum Gasteiger partial charge on any atom is -0.457 e. The van der Waals surface area contributed by atoms with Gasteiger partial charge in [0.05, 0.1) is 19.1 Å². The van der Waals surface area contributed by atoms with Gasteiger partial charge in [0.1, 0.15) is 5.60 Å². The van der Waals surface area contributed by atoms with Gasteiger partial charge >= 0.3 is 5.97 Å². The average Bonchev–Trinajstić information content (AvgIpc) is 2.50. The van der Waals surface area contributed by atoms with E-state index in [9.17, 15) is 4.79 Å². The van der Waals surface area contributed by atoms with E-state index in [0.717, 1.165) is 12.8 Å². The molecule has 0 aliphatic carbocycles. The van der Waals surface area contributed by atoms with Crippen molar-refractivity contribution < 1.29 is 14.3 Å². The van der Waals surface area contributed by atoms with Gasteiger partial charge in [-0.15, -0.1) is 0 Å². The van der Waals surface area contributed by atoms with E-state index in [1.807, 2.05) is 20.8 Å². The Labute approximate surface area is 79.4 Å². The smallest absolute Gasteiger partial charge is 0.309 e. The van der Waals surface area contributed by atoms with Crippen LogP contribution in [-0.4, -0.2) is 24.8 Å². The maximum Gasteiger partial charge on any atom is 0.309 e. The lowest BCUT2D eigenvalue weighted by atomic mass is 10.1. The Morgan fingerprint density at radius 1 is 1.69 bits per heavy atom. The van der Waals surface area contributed by atoms with Crippen molar-refractivity contribution in [3.63, 3.8) is 0 Å². The first-order chi connectivity index (χ1) is 6.07. The summed E-state index contributed by atoms with van der Waals surface area (Å²) in [6.07, 6.45) is 1.64. The molecule has 0 aromatic carbocycles. The fourth-order valence-electron chi connectivity index (χ4n) is 1.24. The third-order valence-corrected chi connectivity index (χ3v) is 2.54. The molecule has 1 aliphatic rings. The van der Waals surface area contributed by atoms with Crippen molar-refractivity contribution in [3.05, 3.63) is 0 Å². The maximum absolute atomic E-state index is 11.5. The summed E-state index contributed by atoms with van der Waals surface area (Å²) in [6.45, 7) is 7.04. The van der Waals surface area contributed by atoms with Gasteiger partial charge in [0, 0.05) is 6.42 Å². The van der Waals surface area contributed by atoms with Crippen LogP contribution in [0.5, 0.6) is 0 Å². The Morgan fingerprint density at radius 3 is 2.85 bits per heavy atom. The number of hydrogen-bond acceptors (Lipinski definition) is 3. The van der Waals surface area contributed by atoms with Crippen LogP contribution in [0.2, 0.25) is 0 Å². The molecule has 0 aromatic rings. The fourth-order valence-corrected chi connectivity index (χ4v) is 1.24. The van der Waals surface area contributed by atoms with E-state index in [0.29, 0.717) is 13.2 Å². The second-order valence-corrected chi connectivity index (χ2v) is 3.98. The van der Waals surface area contributed by atoms with Gasteiger partial charge in [0.2, 0.25) is 0 Å². The van der Waals surface area contributed by atoms with Crippen LogP contribution in [0.15, 0.2) is 0 Å². The highest BCUT2D eigenvalue weighted by Gasteiger charge is 2.34. The molecule has 0 saturated carbocycles. The lowest BCUT2D eigenvalue weighted by molar-refractivity contribution is -0.162. The molecular formula is C10H18O3. The molecule has 1 rings (SSSR count). The summed E-state index contributed by atoms with van der Waals surface area (Å²) in [4.78, 5) is 11.5. The van der Waals surface area contributed by atoms with Crippen molar-refractivity contribution in [1.82, 2.24) is 0 Å². The largest absolute Gasteiger partial charge is 0.457 e. The van der Waals surface area contributed by atoms with E-state index < -0.39 is 0 Å². The maximum atomic E-state index is 11.5. The Hall–Kier alpha value is -0.570. The van der Waals surface area contributed by atoms with Crippen LogP contribution >= 0.6 is 0 Å². The van der Waals surface area contributed by atoms with Gasteiger partial charge in [-0.25, -0.2) is 0 Å². The second-order valence-electron chi connectivity index (χ2n) is 3.98. The molecule has 0 aromatic heterocycles. The molecule has 1 aliphatic heterocycles. The first kappa shape index (κ1) is 10.5. The normalized spacial score (nSPS) is 30.1. The second kappa shape index (κ2) is 4.09. The van der Waals surface area contributed by atoms with Gasteiger partial charge in [-0.1, -0.05) is 13.8 Å². The van der Waals surface area contributed by atoms with Gasteiger partial charge < -0.3 is 9.47 Å². The summed E-state index contributed by atoms with van der Waals surface area (Å²) in [7, 11) is 0. The minimum absolute atomic E-state index is 0.00238. The van der Waals surface area contributed by atoms with Crippen molar-refractivity contribution in [3.8, 4) is 0 Å². The molecule has 1 saturated heterocycles. The van der Waals surface area contributed by atoms with Crippen LogP contribution in [0, 0.1) is 5.92 Å². The molecule has 0 radical (unpaired) electrons. The lowest BCUT2D eigenvalue weighted by Gasteiger charge is -2.24. The molecule has 0 amide bonds. The van der Waals surface area contributed by atoms with E-state index >= 15 is 0 Å². The minimum atomic E-state index is -0.374. The monoisotopic (exact) mass is 186 g/mol. The molecule has 1 heterocycles. The summed E-state index contributed by atoms with van der Waals surface area (Å²) in [5.41, 5.74) is -0.374. The molecule has 0 spiro atoms. The first-order valence-corrected chi connectivity index (χ1v) is 4.88. The number of rotatable bonds is 3. The topological polar surface area (TPSA) is 35.5 Å². The summed E-state index contributed by atoms with van der Waals surface area (Å²) in [5.74, 6) is -0.104. The number of esters is 1. The van der Waals surface area contributed by atoms with Crippen molar-refractivity contribution in [2.45, 2.75) is 39.2 Å². The Kier molecular flexibility index (Phi) is 3.31. The summed E-state index contributed by atoms with van der Waals surface area (Å²) < 4.78 is 10.6. The predicted octanol–water partition coefficient (Wildman–Crippen LogP) is 1.75. The molecule has 1 fully saturated rings. The Bertz CT molecular complexity index is 183. The number of carbonyl (C=O) groups excluding carboxylic acids is 1. The third-order valence-electron chi connectivity index (χ3n) is 2.54. The Balaban J connectivity index is 2.43. The summed E-state index contributed by atoms with van der Waals surface area (Å²) in [6, 6.07) is 0. The highest BCUT2D eigenvalue weighted by molar-refractivity contribution is 5.72. The predicted molar refractivity (Wildman–Crippen MR) is 49.4 cm³/mol. The molecule has 0 bridgehead atoms. The van der Waals surface area contributed by atoms with Crippen LogP contribution in [0.4, 0.5) is 0 Å². The highest BCUT2D eigenvalue weighted by Crippen LogP contribution is 2.24. The quantitative estimate of drug-likeness (QED) is 0.630. The van der Waals surface area contributed by atoms with Crippen molar-refractivity contribution in [2.24, 2.45) is 5.92 Å². The summed E-state index contributed by atoms with van der Waals surface area (Å²) >= 11 is 0. The van der Waals surface area contributed by atoms with Crippen LogP contribution < -0.4 is 0 Å². The first-order valence-electron chi connectivity index (χ1n) is 4.88. The standard InChI is InChI=1S/C10H18O3/c1-4-8(2)9(11)13-10(3)5-6-12-7-10/h8H,4-7H2,1-3H3. The lowest BCUT2D eigenvalue weighted by Crippen LogP contribution is -2.34. The highest BCUT2D eigenvalue weighted by atomic mass is 16.6. The number of ether oxygens (including phenoxy) is 2. The molecule has 2 unspecified atom stereocenters. The zero-order valence-electron chi connectivity index (χ0n) is 8.63. The van der Waals surface area contributed by atoms with Gasteiger partial charge in [-0.2, -0.15) is 0 Å². The summed E-state index contributed by atoms with van der Waals surface area (Å²) in [5, 5.41) is 0. The van der Waals surface area contributed by atoms with Crippen LogP contribution in [-0.2, 0) is 14.3 Å². The van der Waals surface area contributed by atoms with Gasteiger partial charge in [-0.05, 0) is 13.3 Å². The van der Waals surface area contributed by atoms with Crippen LogP contribution in [0.1, 0.15) is 33.6 Å². The molecular weight excluding hydrogens is 168 g/mol. The number of carbonyl (C=O) groups is 1. The van der Waals surface area contributed by atoms with E-state index in [2.05, 4.69) is 0 Å². The van der Waals surface area contributed by atoms with Gasteiger partial charge in [0.25, 0.3) is 0 Å². The Morgan fingerprint density at radius 2 is 2.38 bits per heavy atom. The fraction of sp³-hybridized carbons (Fsp3) is 0.900. The van der Waals surface area contributed by atoms with E-state index in [4.69, 9.17) is 9.47 Å². The average molecular weight is 186 g/mol. The molecule has 13 heavy (non-hydrogen) atoms. The number of hydrogen-bond donors (Lipinski definition) is 0. The molecule has 2 atom stereocenters. The van der Waals surface area contributed by atoms with Crippen molar-refractivity contribution >= 4 is 5.97 Å².